The number of ether oxygens (including phenoxy) is 1. The van der Waals surface area contributed by atoms with Crippen molar-refractivity contribution in [2.75, 3.05) is 19.6 Å². The standard InChI is InChI=1S/C19H35N5O7/c1-19(2,3)31-16(28)11-22-17(29)13(7-8-15(26)27)24-18(30)12(6-4-5-9-20)23-14(25)10-21/h12-13H,4-11,20-21H2,1-3H3,(H,22,29)(H,23,25)(H,24,30)(H,26,27). The Morgan fingerprint density at radius 3 is 2.06 bits per heavy atom. The second kappa shape index (κ2) is 14.3. The number of amides is 3. The summed E-state index contributed by atoms with van der Waals surface area (Å²) in [5.74, 6) is -3.80. The van der Waals surface area contributed by atoms with Gasteiger partial charge < -0.3 is 37.3 Å². The van der Waals surface area contributed by atoms with Gasteiger partial charge in [-0.2, -0.15) is 0 Å². The van der Waals surface area contributed by atoms with E-state index in [9.17, 15) is 24.0 Å². The van der Waals surface area contributed by atoms with Crippen LogP contribution >= 0.6 is 0 Å². The zero-order valence-electron chi connectivity index (χ0n) is 18.4. The molecule has 0 saturated heterocycles. The first-order valence-corrected chi connectivity index (χ1v) is 10.1. The van der Waals surface area contributed by atoms with Crippen molar-refractivity contribution in [1.29, 1.82) is 0 Å². The van der Waals surface area contributed by atoms with Crippen LogP contribution in [0.1, 0.15) is 52.9 Å². The molecule has 0 rings (SSSR count). The lowest BCUT2D eigenvalue weighted by Gasteiger charge is -2.23. The zero-order valence-corrected chi connectivity index (χ0v) is 18.4. The normalized spacial score (nSPS) is 12.9. The highest BCUT2D eigenvalue weighted by atomic mass is 16.6. The van der Waals surface area contributed by atoms with Crippen molar-refractivity contribution in [2.24, 2.45) is 11.5 Å². The zero-order chi connectivity index (χ0) is 24.0. The van der Waals surface area contributed by atoms with Gasteiger partial charge in [0.05, 0.1) is 6.54 Å². The molecule has 31 heavy (non-hydrogen) atoms. The van der Waals surface area contributed by atoms with Crippen LogP contribution in [-0.4, -0.2) is 72.1 Å². The first-order valence-electron chi connectivity index (χ1n) is 10.1. The van der Waals surface area contributed by atoms with Crippen LogP contribution in [0.25, 0.3) is 0 Å². The third-order valence-corrected chi connectivity index (χ3v) is 3.89. The largest absolute Gasteiger partial charge is 0.481 e. The number of carboxylic acids is 1. The van der Waals surface area contributed by atoms with Crippen LogP contribution in [0.5, 0.6) is 0 Å². The van der Waals surface area contributed by atoms with E-state index in [1.807, 2.05) is 0 Å². The van der Waals surface area contributed by atoms with Gasteiger partial charge in [-0.3, -0.25) is 24.0 Å². The van der Waals surface area contributed by atoms with Crippen molar-refractivity contribution in [1.82, 2.24) is 16.0 Å². The van der Waals surface area contributed by atoms with Gasteiger partial charge in [0.1, 0.15) is 24.2 Å². The average molecular weight is 446 g/mol. The molecule has 178 valence electrons. The minimum atomic E-state index is -1.22. The number of carbonyl (C=O) groups excluding carboxylic acids is 4. The number of hydrogen-bond donors (Lipinski definition) is 6. The van der Waals surface area contributed by atoms with Crippen molar-refractivity contribution in [3.8, 4) is 0 Å². The maximum absolute atomic E-state index is 12.7. The van der Waals surface area contributed by atoms with Crippen LogP contribution in [0.2, 0.25) is 0 Å². The number of nitrogens with two attached hydrogens (primary N) is 2. The molecule has 0 aliphatic rings. The number of carbonyl (C=O) groups is 5. The molecular formula is C19H35N5O7. The maximum Gasteiger partial charge on any atom is 0.325 e. The molecule has 0 aromatic heterocycles. The molecule has 3 amide bonds. The van der Waals surface area contributed by atoms with Crippen molar-refractivity contribution in [2.45, 2.75) is 70.6 Å². The third-order valence-electron chi connectivity index (χ3n) is 3.89. The molecule has 0 fully saturated rings. The molecular weight excluding hydrogens is 410 g/mol. The Morgan fingerprint density at radius 2 is 1.55 bits per heavy atom. The molecule has 0 aliphatic heterocycles. The molecule has 0 bridgehead atoms. The van der Waals surface area contributed by atoms with Crippen LogP contribution in [-0.2, 0) is 28.7 Å². The molecule has 2 unspecified atom stereocenters. The van der Waals surface area contributed by atoms with E-state index in [2.05, 4.69) is 16.0 Å². The van der Waals surface area contributed by atoms with E-state index in [0.717, 1.165) is 0 Å². The Bertz CT molecular complexity index is 634. The first-order chi connectivity index (χ1) is 14.4. The van der Waals surface area contributed by atoms with Crippen molar-refractivity contribution < 1.29 is 33.8 Å². The SMILES string of the molecule is CC(C)(C)OC(=O)CNC(=O)C(CCC(=O)O)NC(=O)C(CCCCN)NC(=O)CN. The summed E-state index contributed by atoms with van der Waals surface area (Å²) in [5.41, 5.74) is 9.99. The number of rotatable bonds is 14. The van der Waals surface area contributed by atoms with E-state index in [4.69, 9.17) is 21.3 Å². The first kappa shape index (κ1) is 28.3. The van der Waals surface area contributed by atoms with Gasteiger partial charge in [0.15, 0.2) is 0 Å². The number of esters is 1. The molecule has 0 saturated carbocycles. The minimum absolute atomic E-state index is 0.207. The summed E-state index contributed by atoms with van der Waals surface area (Å²) in [5, 5.41) is 16.2. The highest BCUT2D eigenvalue weighted by Crippen LogP contribution is 2.07. The van der Waals surface area contributed by atoms with E-state index < -0.39 is 60.3 Å². The predicted octanol–water partition coefficient (Wildman–Crippen LogP) is -1.63. The van der Waals surface area contributed by atoms with Gasteiger partial charge in [0, 0.05) is 6.42 Å². The molecule has 12 heteroatoms. The Morgan fingerprint density at radius 1 is 0.935 bits per heavy atom. The summed E-state index contributed by atoms with van der Waals surface area (Å²) in [6.07, 6.45) is 0.838. The van der Waals surface area contributed by atoms with E-state index in [0.29, 0.717) is 19.4 Å². The molecule has 8 N–H and O–H groups in total. The summed E-state index contributed by atoms with van der Waals surface area (Å²) in [6.45, 7) is 4.65. The number of hydrogen-bond acceptors (Lipinski definition) is 8. The van der Waals surface area contributed by atoms with Crippen LogP contribution in [0, 0.1) is 0 Å². The minimum Gasteiger partial charge on any atom is -0.481 e. The molecule has 12 nitrogen and oxygen atoms in total. The number of carboxylic acid groups (broad SMARTS) is 1. The van der Waals surface area contributed by atoms with Crippen LogP contribution in [0.4, 0.5) is 0 Å². The van der Waals surface area contributed by atoms with E-state index in [1.165, 1.54) is 0 Å². The monoisotopic (exact) mass is 445 g/mol. The van der Waals surface area contributed by atoms with E-state index in [-0.39, 0.29) is 19.4 Å². The van der Waals surface area contributed by atoms with Gasteiger partial charge in [0.2, 0.25) is 17.7 Å². The lowest BCUT2D eigenvalue weighted by molar-refractivity contribution is -0.154. The van der Waals surface area contributed by atoms with Crippen LogP contribution in [0.3, 0.4) is 0 Å². The highest BCUT2D eigenvalue weighted by molar-refractivity contribution is 5.93. The molecule has 0 aliphatic carbocycles. The maximum atomic E-state index is 12.7. The molecule has 0 aromatic rings. The van der Waals surface area contributed by atoms with Gasteiger partial charge in [-0.15, -0.1) is 0 Å². The van der Waals surface area contributed by atoms with Crippen LogP contribution in [0.15, 0.2) is 0 Å². The summed E-state index contributed by atoms with van der Waals surface area (Å²) < 4.78 is 5.09. The summed E-state index contributed by atoms with van der Waals surface area (Å²) in [7, 11) is 0. The van der Waals surface area contributed by atoms with Gasteiger partial charge in [0.25, 0.3) is 0 Å². The summed E-state index contributed by atoms with van der Waals surface area (Å²) >= 11 is 0. The Kier molecular flexibility index (Phi) is 13.0. The highest BCUT2D eigenvalue weighted by Gasteiger charge is 2.27. The average Bonchev–Trinajstić information content (AvgIpc) is 2.66. The van der Waals surface area contributed by atoms with Gasteiger partial charge in [-0.25, -0.2) is 0 Å². The molecule has 0 spiro atoms. The van der Waals surface area contributed by atoms with Crippen LogP contribution < -0.4 is 27.4 Å². The second-order valence-electron chi connectivity index (χ2n) is 7.91. The number of aliphatic carboxylic acids is 1. The van der Waals surface area contributed by atoms with Crippen molar-refractivity contribution in [3.63, 3.8) is 0 Å². The van der Waals surface area contributed by atoms with Crippen molar-refractivity contribution >= 4 is 29.7 Å². The number of nitrogens with one attached hydrogen (secondary N) is 3. The Labute approximate surface area is 181 Å². The predicted molar refractivity (Wildman–Crippen MR) is 112 cm³/mol. The Balaban J connectivity index is 5.15. The molecule has 0 radical (unpaired) electrons. The lowest BCUT2D eigenvalue weighted by atomic mass is 10.1. The molecule has 0 aromatic carbocycles. The third kappa shape index (κ3) is 14.0. The fourth-order valence-electron chi connectivity index (χ4n) is 2.48. The topological polar surface area (TPSA) is 203 Å². The fourth-order valence-corrected chi connectivity index (χ4v) is 2.48. The fraction of sp³-hybridized carbons (Fsp3) is 0.737. The Hall–Kier alpha value is -2.73. The summed E-state index contributed by atoms with van der Waals surface area (Å²) in [6, 6.07) is -2.19. The smallest absolute Gasteiger partial charge is 0.325 e. The van der Waals surface area contributed by atoms with E-state index >= 15 is 0 Å². The number of unbranched alkanes of at least 4 members (excludes halogenated alkanes) is 1. The summed E-state index contributed by atoms with van der Waals surface area (Å²) in [4.78, 5) is 59.5. The molecule has 2 atom stereocenters. The van der Waals surface area contributed by atoms with Crippen molar-refractivity contribution in [3.05, 3.63) is 0 Å². The molecule has 0 heterocycles. The van der Waals surface area contributed by atoms with Gasteiger partial charge in [-0.1, -0.05) is 0 Å². The van der Waals surface area contributed by atoms with Gasteiger partial charge in [-0.05, 0) is 53.0 Å². The van der Waals surface area contributed by atoms with Gasteiger partial charge >= 0.3 is 11.9 Å². The lowest BCUT2D eigenvalue weighted by Crippen LogP contribution is -2.55. The van der Waals surface area contributed by atoms with E-state index in [1.54, 1.807) is 20.8 Å². The second-order valence-corrected chi connectivity index (χ2v) is 7.91. The quantitative estimate of drug-likeness (QED) is 0.134.